The number of fused-ring (bicyclic) bond motifs is 1. The van der Waals surface area contributed by atoms with Gasteiger partial charge in [0.1, 0.15) is 11.4 Å². The van der Waals surface area contributed by atoms with Gasteiger partial charge >= 0.3 is 0 Å². The lowest BCUT2D eigenvalue weighted by atomic mass is 9.92. The second-order valence-corrected chi connectivity index (χ2v) is 7.37. The first-order valence-electron chi connectivity index (χ1n) is 9.36. The molecule has 1 aromatic heterocycles. The molecule has 0 bridgehead atoms. The highest BCUT2D eigenvalue weighted by Gasteiger charge is 2.32. The maximum absolute atomic E-state index is 12.9. The minimum Gasteiger partial charge on any atom is -0.494 e. The SMILES string of the molecule is COc1ccc(C)cc1-n1ccc(C(=O)N2CC[C@@H]3CNC[C@@H]3CC2)n1.Cl. The van der Waals surface area contributed by atoms with E-state index in [2.05, 4.69) is 10.4 Å². The fourth-order valence-electron chi connectivity index (χ4n) is 4.13. The molecule has 2 aliphatic heterocycles. The lowest BCUT2D eigenvalue weighted by Gasteiger charge is -2.19. The van der Waals surface area contributed by atoms with Crippen LogP contribution in [0.15, 0.2) is 30.5 Å². The van der Waals surface area contributed by atoms with Crippen LogP contribution in [0.1, 0.15) is 28.9 Å². The van der Waals surface area contributed by atoms with Gasteiger partial charge in [-0.2, -0.15) is 5.10 Å². The Morgan fingerprint density at radius 1 is 1.19 bits per heavy atom. The summed E-state index contributed by atoms with van der Waals surface area (Å²) in [7, 11) is 1.65. The van der Waals surface area contributed by atoms with Crippen molar-refractivity contribution in [2.75, 3.05) is 33.3 Å². The number of likely N-dealkylation sites (tertiary alicyclic amines) is 1. The largest absolute Gasteiger partial charge is 0.494 e. The molecule has 4 rings (SSSR count). The van der Waals surface area contributed by atoms with Crippen LogP contribution in [-0.2, 0) is 0 Å². The first kappa shape index (κ1) is 19.7. The van der Waals surface area contributed by atoms with E-state index in [4.69, 9.17) is 4.74 Å². The van der Waals surface area contributed by atoms with Crippen molar-refractivity contribution in [2.24, 2.45) is 11.8 Å². The van der Waals surface area contributed by atoms with Crippen molar-refractivity contribution in [3.8, 4) is 11.4 Å². The molecule has 27 heavy (non-hydrogen) atoms. The minimum atomic E-state index is 0. The molecule has 146 valence electrons. The van der Waals surface area contributed by atoms with Gasteiger partial charge in [0.15, 0.2) is 5.69 Å². The van der Waals surface area contributed by atoms with Crippen LogP contribution in [0.3, 0.4) is 0 Å². The van der Waals surface area contributed by atoms with E-state index in [1.807, 2.05) is 36.2 Å². The van der Waals surface area contributed by atoms with E-state index in [-0.39, 0.29) is 18.3 Å². The van der Waals surface area contributed by atoms with Crippen LogP contribution in [-0.4, -0.2) is 53.9 Å². The molecule has 2 fully saturated rings. The number of hydrogen-bond donors (Lipinski definition) is 1. The average molecular weight is 391 g/mol. The zero-order valence-corrected chi connectivity index (χ0v) is 16.7. The molecule has 1 aromatic carbocycles. The Labute approximate surface area is 166 Å². The van der Waals surface area contributed by atoms with Crippen LogP contribution < -0.4 is 10.1 Å². The van der Waals surface area contributed by atoms with Gasteiger partial charge in [-0.3, -0.25) is 4.79 Å². The summed E-state index contributed by atoms with van der Waals surface area (Å²) < 4.78 is 7.17. The van der Waals surface area contributed by atoms with Crippen LogP contribution >= 0.6 is 12.4 Å². The van der Waals surface area contributed by atoms with Crippen LogP contribution in [0.2, 0.25) is 0 Å². The van der Waals surface area contributed by atoms with Crippen molar-refractivity contribution in [1.82, 2.24) is 20.0 Å². The third-order valence-electron chi connectivity index (χ3n) is 5.70. The van der Waals surface area contributed by atoms with Gasteiger partial charge in [0.05, 0.1) is 7.11 Å². The Morgan fingerprint density at radius 2 is 1.89 bits per heavy atom. The predicted octanol–water partition coefficient (Wildman–Crippen LogP) is 2.68. The molecule has 0 saturated carbocycles. The molecule has 1 N–H and O–H groups in total. The Hall–Kier alpha value is -2.05. The first-order valence-corrected chi connectivity index (χ1v) is 9.36. The van der Waals surface area contributed by atoms with Crippen molar-refractivity contribution in [3.63, 3.8) is 0 Å². The summed E-state index contributed by atoms with van der Waals surface area (Å²) in [5, 5.41) is 8.01. The zero-order valence-electron chi connectivity index (χ0n) is 15.9. The fourth-order valence-corrected chi connectivity index (χ4v) is 4.13. The molecule has 0 aliphatic carbocycles. The van der Waals surface area contributed by atoms with Crippen molar-refractivity contribution < 1.29 is 9.53 Å². The number of carbonyl (C=O) groups is 1. The fraction of sp³-hybridized carbons (Fsp3) is 0.500. The number of halogens is 1. The molecule has 2 atom stereocenters. The number of aromatic nitrogens is 2. The van der Waals surface area contributed by atoms with E-state index in [9.17, 15) is 4.79 Å². The lowest BCUT2D eigenvalue weighted by Crippen LogP contribution is -2.33. The van der Waals surface area contributed by atoms with E-state index in [0.717, 1.165) is 56.0 Å². The second kappa shape index (κ2) is 8.31. The van der Waals surface area contributed by atoms with E-state index in [0.29, 0.717) is 17.5 Å². The topological polar surface area (TPSA) is 59.4 Å². The number of amides is 1. The van der Waals surface area contributed by atoms with E-state index in [1.165, 1.54) is 0 Å². The summed E-state index contributed by atoms with van der Waals surface area (Å²) in [5.41, 5.74) is 2.47. The number of ether oxygens (including phenoxy) is 1. The maximum Gasteiger partial charge on any atom is 0.274 e. The van der Waals surface area contributed by atoms with Gasteiger partial charge in [-0.1, -0.05) is 6.07 Å². The average Bonchev–Trinajstić information content (AvgIpc) is 3.27. The summed E-state index contributed by atoms with van der Waals surface area (Å²) >= 11 is 0. The summed E-state index contributed by atoms with van der Waals surface area (Å²) in [4.78, 5) is 14.9. The number of aryl methyl sites for hydroxylation is 1. The molecular weight excluding hydrogens is 364 g/mol. The lowest BCUT2D eigenvalue weighted by molar-refractivity contribution is 0.0752. The van der Waals surface area contributed by atoms with Crippen LogP contribution in [0.25, 0.3) is 5.69 Å². The number of benzene rings is 1. The van der Waals surface area contributed by atoms with Gasteiger partial charge in [-0.05, 0) is 68.5 Å². The van der Waals surface area contributed by atoms with Gasteiger partial charge in [0, 0.05) is 19.3 Å². The molecule has 2 saturated heterocycles. The zero-order chi connectivity index (χ0) is 18.1. The molecule has 0 spiro atoms. The van der Waals surface area contributed by atoms with Gasteiger partial charge in [-0.15, -0.1) is 12.4 Å². The van der Waals surface area contributed by atoms with Crippen LogP contribution in [0.4, 0.5) is 0 Å². The normalized spacial score (nSPS) is 21.9. The molecule has 1 amide bonds. The highest BCUT2D eigenvalue weighted by atomic mass is 35.5. The molecule has 0 unspecified atom stereocenters. The minimum absolute atomic E-state index is 0. The number of nitrogens with one attached hydrogen (secondary N) is 1. The van der Waals surface area contributed by atoms with Crippen LogP contribution in [0, 0.1) is 18.8 Å². The highest BCUT2D eigenvalue weighted by Crippen LogP contribution is 2.28. The molecule has 2 aliphatic rings. The van der Waals surface area contributed by atoms with Crippen molar-refractivity contribution in [2.45, 2.75) is 19.8 Å². The molecule has 6 nitrogen and oxygen atoms in total. The Morgan fingerprint density at radius 3 is 2.56 bits per heavy atom. The van der Waals surface area contributed by atoms with Gasteiger partial charge in [0.2, 0.25) is 0 Å². The van der Waals surface area contributed by atoms with Crippen molar-refractivity contribution in [1.29, 1.82) is 0 Å². The molecule has 3 heterocycles. The highest BCUT2D eigenvalue weighted by molar-refractivity contribution is 5.92. The summed E-state index contributed by atoms with van der Waals surface area (Å²) in [5.74, 6) is 2.19. The molecule has 7 heteroatoms. The Kier molecular flexibility index (Phi) is 6.07. The molecule has 2 aromatic rings. The smallest absolute Gasteiger partial charge is 0.274 e. The van der Waals surface area contributed by atoms with Gasteiger partial charge < -0.3 is 15.0 Å². The molecular formula is C20H27ClN4O2. The second-order valence-electron chi connectivity index (χ2n) is 7.37. The first-order chi connectivity index (χ1) is 12.7. The predicted molar refractivity (Wildman–Crippen MR) is 107 cm³/mol. The molecule has 0 radical (unpaired) electrons. The summed E-state index contributed by atoms with van der Waals surface area (Å²) in [6, 6.07) is 7.74. The van der Waals surface area contributed by atoms with Crippen molar-refractivity contribution >= 4 is 18.3 Å². The van der Waals surface area contributed by atoms with E-state index >= 15 is 0 Å². The monoisotopic (exact) mass is 390 g/mol. The van der Waals surface area contributed by atoms with Gasteiger partial charge in [-0.25, -0.2) is 4.68 Å². The summed E-state index contributed by atoms with van der Waals surface area (Å²) in [6.45, 7) is 5.86. The quantitative estimate of drug-likeness (QED) is 0.875. The van der Waals surface area contributed by atoms with Gasteiger partial charge in [0.25, 0.3) is 5.91 Å². The maximum atomic E-state index is 12.9. The standard InChI is InChI=1S/C20H26N4O2.ClH/c1-14-3-4-19(26-2)18(11-14)24-10-7-17(22-24)20(25)23-8-5-15-12-21-13-16(15)6-9-23;/h3-4,7,10-11,15-16,21H,5-6,8-9,12-13H2,1-2H3;1H/t15-,16+;. The number of hydrogen-bond acceptors (Lipinski definition) is 4. The third-order valence-corrected chi connectivity index (χ3v) is 5.70. The number of rotatable bonds is 3. The Balaban J connectivity index is 0.00000210. The summed E-state index contributed by atoms with van der Waals surface area (Å²) in [6.07, 6.45) is 3.99. The van der Waals surface area contributed by atoms with E-state index < -0.39 is 0 Å². The van der Waals surface area contributed by atoms with E-state index in [1.54, 1.807) is 17.9 Å². The van der Waals surface area contributed by atoms with Crippen LogP contribution in [0.5, 0.6) is 5.75 Å². The van der Waals surface area contributed by atoms with Crippen molar-refractivity contribution in [3.05, 3.63) is 41.7 Å². The number of methoxy groups -OCH3 is 1. The number of carbonyl (C=O) groups excluding carboxylic acids is 1. The number of nitrogens with zero attached hydrogens (tertiary/aromatic N) is 3. The Bertz CT molecular complexity index is 793. The third kappa shape index (κ3) is 3.96.